The summed E-state index contributed by atoms with van der Waals surface area (Å²) in [6.45, 7) is 7.07. The van der Waals surface area contributed by atoms with Gasteiger partial charge in [-0.05, 0) is 44.9 Å². The van der Waals surface area contributed by atoms with Crippen molar-refractivity contribution < 1.29 is 23.8 Å². The highest BCUT2D eigenvalue weighted by Gasteiger charge is 2.74. The molecule has 5 fully saturated rings. The molecule has 3 saturated heterocycles. The molecule has 0 amide bonds. The van der Waals surface area contributed by atoms with Crippen LogP contribution < -0.4 is 0 Å². The second-order valence-electron chi connectivity index (χ2n) is 9.76. The van der Waals surface area contributed by atoms with Crippen molar-refractivity contribution >= 4 is 11.9 Å². The first-order chi connectivity index (χ1) is 11.7. The number of ether oxygens (including phenoxy) is 3. The third-order valence-electron chi connectivity index (χ3n) is 8.52. The Morgan fingerprint density at radius 3 is 2.60 bits per heavy atom. The zero-order chi connectivity index (χ0) is 17.7. The molecule has 0 aromatic rings. The van der Waals surface area contributed by atoms with Crippen LogP contribution >= 0.6 is 0 Å². The van der Waals surface area contributed by atoms with Crippen molar-refractivity contribution in [1.29, 1.82) is 0 Å². The molecule has 0 N–H and O–H groups in total. The number of carbonyl (C=O) groups is 2. The average molecular weight is 348 g/mol. The van der Waals surface area contributed by atoms with Gasteiger partial charge < -0.3 is 14.2 Å². The number of cyclic esters (lactones) is 1. The quantitative estimate of drug-likeness (QED) is 0.630. The van der Waals surface area contributed by atoms with Gasteiger partial charge >= 0.3 is 11.9 Å². The van der Waals surface area contributed by atoms with E-state index in [1.54, 1.807) is 0 Å². The Bertz CT molecular complexity index is 660. The molecule has 2 spiro atoms. The lowest BCUT2D eigenvalue weighted by atomic mass is 9.44. The topological polar surface area (TPSA) is 61.8 Å². The summed E-state index contributed by atoms with van der Waals surface area (Å²) >= 11 is 0. The molecule has 0 radical (unpaired) electrons. The van der Waals surface area contributed by atoms with Crippen molar-refractivity contribution in [1.82, 2.24) is 0 Å². The van der Waals surface area contributed by atoms with Gasteiger partial charge in [0.2, 0.25) is 0 Å². The second-order valence-corrected chi connectivity index (χ2v) is 9.76. The van der Waals surface area contributed by atoms with Gasteiger partial charge in [-0.3, -0.25) is 9.59 Å². The van der Waals surface area contributed by atoms with Crippen LogP contribution in [-0.2, 0) is 23.8 Å². The van der Waals surface area contributed by atoms with Gasteiger partial charge in [0, 0.05) is 11.3 Å². The summed E-state index contributed by atoms with van der Waals surface area (Å²) in [4.78, 5) is 24.5. The van der Waals surface area contributed by atoms with Crippen LogP contribution in [0, 0.1) is 22.7 Å². The fraction of sp³-hybridized carbons (Fsp3) is 0.900. The smallest absolute Gasteiger partial charge is 0.312 e. The number of hydrogen-bond acceptors (Lipinski definition) is 5. The Kier molecular flexibility index (Phi) is 2.96. The molecule has 138 valence electrons. The van der Waals surface area contributed by atoms with Gasteiger partial charge in [-0.1, -0.05) is 20.3 Å². The SMILES string of the molecule is C[C@@H]1C[C@H]2OC(=O)[C@@]3(C)CCC[C@@](C)([C@@H]23)[C@@]12CC[C@@]1(COC(=O)C1)O2. The fourth-order valence-corrected chi connectivity index (χ4v) is 7.44. The fourth-order valence-electron chi connectivity index (χ4n) is 7.44. The Hall–Kier alpha value is -1.10. The van der Waals surface area contributed by atoms with Crippen molar-refractivity contribution in [3.8, 4) is 0 Å². The van der Waals surface area contributed by atoms with Crippen LogP contribution in [0.2, 0.25) is 0 Å². The highest BCUT2D eigenvalue weighted by Crippen LogP contribution is 2.70. The Balaban J connectivity index is 1.59. The van der Waals surface area contributed by atoms with Gasteiger partial charge in [0.15, 0.2) is 0 Å². The van der Waals surface area contributed by atoms with Crippen LogP contribution in [0.15, 0.2) is 0 Å². The van der Waals surface area contributed by atoms with E-state index in [2.05, 4.69) is 20.8 Å². The van der Waals surface area contributed by atoms with Crippen LogP contribution in [0.3, 0.4) is 0 Å². The molecule has 0 unspecified atom stereocenters. The molecule has 0 bridgehead atoms. The molecular formula is C20H28O5. The van der Waals surface area contributed by atoms with E-state index in [1.165, 1.54) is 0 Å². The molecule has 3 heterocycles. The van der Waals surface area contributed by atoms with Gasteiger partial charge in [0.05, 0.1) is 17.4 Å². The van der Waals surface area contributed by atoms with Crippen molar-refractivity contribution in [2.45, 2.75) is 83.0 Å². The van der Waals surface area contributed by atoms with E-state index in [9.17, 15) is 9.59 Å². The maximum Gasteiger partial charge on any atom is 0.312 e. The largest absolute Gasteiger partial charge is 0.463 e. The van der Waals surface area contributed by atoms with E-state index in [0.29, 0.717) is 18.9 Å². The maximum atomic E-state index is 12.7. The standard InChI is InChI=1S/C20H28O5/c1-12-9-13-15-17(2,16(22)24-13)5-4-6-18(15,3)20(12)8-7-19(25-20)10-14(21)23-11-19/h12-13,15H,4-11H2,1-3H3/t12-,13-,15+,17+,18+,19-,20-/m1/s1. The summed E-state index contributed by atoms with van der Waals surface area (Å²) in [6.07, 6.45) is 6.10. The minimum atomic E-state index is -0.446. The number of carbonyl (C=O) groups excluding carboxylic acids is 2. The molecule has 2 saturated carbocycles. The predicted octanol–water partition coefficient (Wildman–Crippen LogP) is 3.00. The Labute approximate surface area is 148 Å². The molecule has 25 heavy (non-hydrogen) atoms. The van der Waals surface area contributed by atoms with Gasteiger partial charge in [-0.2, -0.15) is 0 Å². The molecule has 5 heteroatoms. The van der Waals surface area contributed by atoms with E-state index in [4.69, 9.17) is 14.2 Å². The molecule has 0 aromatic heterocycles. The molecule has 5 nitrogen and oxygen atoms in total. The summed E-state index contributed by atoms with van der Waals surface area (Å²) in [5, 5.41) is 0. The van der Waals surface area contributed by atoms with Crippen molar-refractivity contribution in [2.24, 2.45) is 22.7 Å². The summed E-state index contributed by atoms with van der Waals surface area (Å²) in [7, 11) is 0. The first-order valence-corrected chi connectivity index (χ1v) is 9.82. The summed E-state index contributed by atoms with van der Waals surface area (Å²) in [6, 6.07) is 0. The highest BCUT2D eigenvalue weighted by molar-refractivity contribution is 5.80. The van der Waals surface area contributed by atoms with Crippen molar-refractivity contribution in [3.05, 3.63) is 0 Å². The lowest BCUT2D eigenvalue weighted by molar-refractivity contribution is -0.251. The highest BCUT2D eigenvalue weighted by atomic mass is 16.6. The maximum absolute atomic E-state index is 12.7. The Morgan fingerprint density at radius 2 is 1.88 bits per heavy atom. The normalized spacial score (nSPS) is 57.0. The van der Waals surface area contributed by atoms with Crippen LogP contribution in [0.1, 0.15) is 65.7 Å². The molecule has 0 aromatic carbocycles. The Morgan fingerprint density at radius 1 is 1.08 bits per heavy atom. The molecule has 3 aliphatic heterocycles. The van der Waals surface area contributed by atoms with Crippen LogP contribution in [0.25, 0.3) is 0 Å². The third-order valence-corrected chi connectivity index (χ3v) is 8.52. The van der Waals surface area contributed by atoms with Crippen molar-refractivity contribution in [3.63, 3.8) is 0 Å². The summed E-state index contributed by atoms with van der Waals surface area (Å²) in [5.41, 5.74) is -1.20. The van der Waals surface area contributed by atoms with E-state index in [0.717, 1.165) is 38.5 Å². The van der Waals surface area contributed by atoms with E-state index in [-0.39, 0.29) is 40.4 Å². The monoisotopic (exact) mass is 348 g/mol. The van der Waals surface area contributed by atoms with Crippen LogP contribution in [0.4, 0.5) is 0 Å². The van der Waals surface area contributed by atoms with Gasteiger partial charge in [-0.25, -0.2) is 0 Å². The minimum absolute atomic E-state index is 0.00948. The van der Waals surface area contributed by atoms with Crippen LogP contribution in [-0.4, -0.2) is 35.9 Å². The predicted molar refractivity (Wildman–Crippen MR) is 88.6 cm³/mol. The first-order valence-electron chi connectivity index (χ1n) is 9.82. The number of rotatable bonds is 0. The first kappa shape index (κ1) is 16.1. The summed E-state index contributed by atoms with van der Waals surface area (Å²) in [5.74, 6) is 0.369. The van der Waals surface area contributed by atoms with E-state index >= 15 is 0 Å². The molecule has 7 atom stereocenters. The lowest BCUT2D eigenvalue weighted by Gasteiger charge is -2.62. The van der Waals surface area contributed by atoms with Crippen LogP contribution in [0.5, 0.6) is 0 Å². The van der Waals surface area contributed by atoms with Gasteiger partial charge in [0.25, 0.3) is 0 Å². The zero-order valence-electron chi connectivity index (χ0n) is 15.4. The van der Waals surface area contributed by atoms with Gasteiger partial charge in [-0.15, -0.1) is 0 Å². The van der Waals surface area contributed by atoms with Crippen molar-refractivity contribution in [2.75, 3.05) is 6.61 Å². The molecular weight excluding hydrogens is 320 g/mol. The number of fused-ring (bicyclic) bond motifs is 1. The lowest BCUT2D eigenvalue weighted by Crippen LogP contribution is -2.65. The van der Waals surface area contributed by atoms with Gasteiger partial charge in [0.1, 0.15) is 18.3 Å². The molecule has 5 aliphatic rings. The number of hydrogen-bond donors (Lipinski definition) is 0. The second kappa shape index (κ2) is 4.59. The zero-order valence-corrected chi connectivity index (χ0v) is 15.4. The summed E-state index contributed by atoms with van der Waals surface area (Å²) < 4.78 is 18.0. The van der Waals surface area contributed by atoms with E-state index in [1.807, 2.05) is 0 Å². The van der Waals surface area contributed by atoms with E-state index < -0.39 is 5.60 Å². The average Bonchev–Trinajstić information content (AvgIpc) is 3.17. The minimum Gasteiger partial charge on any atom is -0.463 e. The number of esters is 2. The molecule has 2 aliphatic carbocycles. The third kappa shape index (κ3) is 1.74. The molecule has 5 rings (SSSR count).